The Morgan fingerprint density at radius 2 is 2.33 bits per heavy atom. The molecule has 2 heteroatoms. The Balaban J connectivity index is 2.00. The summed E-state index contributed by atoms with van der Waals surface area (Å²) in [5.41, 5.74) is 1.17. The van der Waals surface area contributed by atoms with Crippen LogP contribution >= 0.6 is 0 Å². The summed E-state index contributed by atoms with van der Waals surface area (Å²) in [5, 5.41) is 0. The van der Waals surface area contributed by atoms with Gasteiger partial charge in [0.15, 0.2) is 6.29 Å². The summed E-state index contributed by atoms with van der Waals surface area (Å²) in [7, 11) is 0. The molecule has 0 spiro atoms. The molecule has 1 unspecified atom stereocenters. The van der Waals surface area contributed by atoms with E-state index in [-0.39, 0.29) is 6.29 Å². The van der Waals surface area contributed by atoms with Crippen molar-refractivity contribution in [2.24, 2.45) is 0 Å². The van der Waals surface area contributed by atoms with Crippen molar-refractivity contribution in [2.75, 3.05) is 13.2 Å². The van der Waals surface area contributed by atoms with E-state index in [1.54, 1.807) is 0 Å². The van der Waals surface area contributed by atoms with Gasteiger partial charge in [-0.2, -0.15) is 0 Å². The maximum atomic E-state index is 5.60. The maximum Gasteiger partial charge on any atom is 0.157 e. The third-order valence-corrected chi connectivity index (χ3v) is 2.52. The van der Waals surface area contributed by atoms with Crippen LogP contribution in [0.2, 0.25) is 0 Å². The van der Waals surface area contributed by atoms with Gasteiger partial charge in [0.1, 0.15) is 0 Å². The molecule has 0 aromatic rings. The molecular weight excluding hydrogens is 188 g/mol. The second-order valence-electron chi connectivity index (χ2n) is 3.87. The minimum Gasteiger partial charge on any atom is -0.353 e. The minimum atomic E-state index is 0.0131. The van der Waals surface area contributed by atoms with E-state index in [2.05, 4.69) is 12.5 Å². The van der Waals surface area contributed by atoms with Gasteiger partial charge < -0.3 is 9.47 Å². The molecule has 0 N–H and O–H groups in total. The highest BCUT2D eigenvalue weighted by molar-refractivity contribution is 4.98. The predicted molar refractivity (Wildman–Crippen MR) is 61.4 cm³/mol. The van der Waals surface area contributed by atoms with Crippen molar-refractivity contribution in [2.45, 2.75) is 44.8 Å². The molecule has 0 aliphatic carbocycles. The quantitative estimate of drug-likeness (QED) is 0.493. The molecule has 1 rings (SSSR count). The molecule has 1 heterocycles. The summed E-state index contributed by atoms with van der Waals surface area (Å²) in [4.78, 5) is 0. The van der Waals surface area contributed by atoms with Crippen LogP contribution < -0.4 is 0 Å². The van der Waals surface area contributed by atoms with Crippen LogP contribution in [0, 0.1) is 12.3 Å². The van der Waals surface area contributed by atoms with E-state index in [1.807, 2.05) is 0 Å². The third-order valence-electron chi connectivity index (χ3n) is 2.52. The van der Waals surface area contributed by atoms with E-state index < -0.39 is 0 Å². The first-order valence-electron chi connectivity index (χ1n) is 5.66. The second-order valence-corrected chi connectivity index (χ2v) is 3.87. The van der Waals surface area contributed by atoms with Crippen LogP contribution in [-0.4, -0.2) is 19.5 Å². The lowest BCUT2D eigenvalue weighted by molar-refractivity contribution is -0.161. The molecule has 0 aromatic heterocycles. The van der Waals surface area contributed by atoms with Gasteiger partial charge in [0, 0.05) is 13.0 Å². The predicted octanol–water partition coefficient (Wildman–Crippen LogP) is 2.89. The Morgan fingerprint density at radius 3 is 3.00 bits per heavy atom. The second kappa shape index (κ2) is 7.50. The first-order chi connectivity index (χ1) is 7.33. The fraction of sp³-hybridized carbons (Fsp3) is 0.692. The van der Waals surface area contributed by atoms with Crippen LogP contribution in [0.4, 0.5) is 0 Å². The molecule has 0 bridgehead atoms. The highest BCUT2D eigenvalue weighted by Crippen LogP contribution is 2.15. The van der Waals surface area contributed by atoms with E-state index in [9.17, 15) is 0 Å². The summed E-state index contributed by atoms with van der Waals surface area (Å²) in [6.45, 7) is 5.50. The molecule has 1 aliphatic rings. The van der Waals surface area contributed by atoms with E-state index in [4.69, 9.17) is 15.9 Å². The van der Waals surface area contributed by atoms with E-state index in [1.165, 1.54) is 12.0 Å². The number of terminal acetylenes is 1. The molecule has 1 aliphatic heterocycles. The fourth-order valence-electron chi connectivity index (χ4n) is 1.55. The Kier molecular flexibility index (Phi) is 6.15. The van der Waals surface area contributed by atoms with Crippen molar-refractivity contribution >= 4 is 0 Å². The summed E-state index contributed by atoms with van der Waals surface area (Å²) in [5.74, 6) is 2.61. The molecule has 84 valence electrons. The molecule has 0 aromatic carbocycles. The van der Waals surface area contributed by atoms with Gasteiger partial charge in [-0.25, -0.2) is 0 Å². The van der Waals surface area contributed by atoms with Crippen molar-refractivity contribution in [3.05, 3.63) is 12.2 Å². The third kappa shape index (κ3) is 5.61. The van der Waals surface area contributed by atoms with Crippen molar-refractivity contribution < 1.29 is 9.47 Å². The Bertz CT molecular complexity index is 221. The zero-order chi connectivity index (χ0) is 10.9. The van der Waals surface area contributed by atoms with E-state index in [0.29, 0.717) is 6.61 Å². The largest absolute Gasteiger partial charge is 0.353 e. The lowest BCUT2D eigenvalue weighted by Crippen LogP contribution is -2.22. The summed E-state index contributed by atoms with van der Waals surface area (Å²) >= 11 is 0. The average Bonchev–Trinajstić information content (AvgIpc) is 2.28. The van der Waals surface area contributed by atoms with Gasteiger partial charge in [-0.1, -0.05) is 12.2 Å². The SMILES string of the molecule is C#CCCC(=C)CCOC1CCCCO1. The molecule has 2 nitrogen and oxygen atoms in total. The maximum absolute atomic E-state index is 5.60. The summed E-state index contributed by atoms with van der Waals surface area (Å²) in [6.07, 6.45) is 11.2. The smallest absolute Gasteiger partial charge is 0.157 e. The minimum absolute atomic E-state index is 0.0131. The zero-order valence-corrected chi connectivity index (χ0v) is 9.34. The highest BCUT2D eigenvalue weighted by atomic mass is 16.7. The Morgan fingerprint density at radius 1 is 1.47 bits per heavy atom. The van der Waals surface area contributed by atoms with Crippen LogP contribution in [0.15, 0.2) is 12.2 Å². The topological polar surface area (TPSA) is 18.5 Å². The highest BCUT2D eigenvalue weighted by Gasteiger charge is 2.13. The van der Waals surface area contributed by atoms with Crippen LogP contribution in [-0.2, 0) is 9.47 Å². The van der Waals surface area contributed by atoms with Gasteiger partial charge >= 0.3 is 0 Å². The van der Waals surface area contributed by atoms with Crippen molar-refractivity contribution in [1.29, 1.82) is 0 Å². The molecule has 0 radical (unpaired) electrons. The molecule has 15 heavy (non-hydrogen) atoms. The first-order valence-corrected chi connectivity index (χ1v) is 5.66. The van der Waals surface area contributed by atoms with E-state index in [0.717, 1.165) is 38.7 Å². The monoisotopic (exact) mass is 208 g/mol. The standard InChI is InChI=1S/C13H20O2/c1-3-4-7-12(2)9-11-15-13-8-5-6-10-14-13/h1,13H,2,4-11H2. The molecule has 0 amide bonds. The lowest BCUT2D eigenvalue weighted by atomic mass is 10.1. The average molecular weight is 208 g/mol. The van der Waals surface area contributed by atoms with Crippen LogP contribution in [0.3, 0.4) is 0 Å². The number of hydrogen-bond acceptors (Lipinski definition) is 2. The van der Waals surface area contributed by atoms with Gasteiger partial charge in [0.2, 0.25) is 0 Å². The van der Waals surface area contributed by atoms with Crippen LogP contribution in [0.1, 0.15) is 38.5 Å². The van der Waals surface area contributed by atoms with Crippen molar-refractivity contribution in [1.82, 2.24) is 0 Å². The molecule has 1 saturated heterocycles. The van der Waals surface area contributed by atoms with Crippen LogP contribution in [0.5, 0.6) is 0 Å². The number of hydrogen-bond donors (Lipinski definition) is 0. The van der Waals surface area contributed by atoms with Crippen molar-refractivity contribution in [3.63, 3.8) is 0 Å². The summed E-state index contributed by atoms with van der Waals surface area (Å²) < 4.78 is 11.1. The van der Waals surface area contributed by atoms with Gasteiger partial charge in [0.25, 0.3) is 0 Å². The molecule has 0 saturated carbocycles. The Hall–Kier alpha value is -0.780. The van der Waals surface area contributed by atoms with Gasteiger partial charge in [-0.05, 0) is 32.1 Å². The van der Waals surface area contributed by atoms with E-state index >= 15 is 0 Å². The lowest BCUT2D eigenvalue weighted by Gasteiger charge is -2.22. The fourth-order valence-corrected chi connectivity index (χ4v) is 1.55. The Labute approximate surface area is 92.6 Å². The molecule has 1 atom stereocenters. The molecular formula is C13H20O2. The normalized spacial score (nSPS) is 20.9. The summed E-state index contributed by atoms with van der Waals surface area (Å²) in [6, 6.07) is 0. The number of rotatable bonds is 6. The van der Waals surface area contributed by atoms with Gasteiger partial charge in [-0.15, -0.1) is 12.3 Å². The molecule has 1 fully saturated rings. The first kappa shape index (κ1) is 12.3. The number of ether oxygens (including phenoxy) is 2. The van der Waals surface area contributed by atoms with Crippen molar-refractivity contribution in [3.8, 4) is 12.3 Å². The van der Waals surface area contributed by atoms with Crippen LogP contribution in [0.25, 0.3) is 0 Å². The van der Waals surface area contributed by atoms with Gasteiger partial charge in [0.05, 0.1) is 6.61 Å². The zero-order valence-electron chi connectivity index (χ0n) is 9.34. The van der Waals surface area contributed by atoms with Gasteiger partial charge in [-0.3, -0.25) is 0 Å².